The number of nitrogens with zero attached hydrogens (tertiary/aromatic N) is 2. The van der Waals surface area contributed by atoms with E-state index in [0.29, 0.717) is 19.8 Å². The van der Waals surface area contributed by atoms with Crippen LogP contribution >= 0.6 is 0 Å². The molecule has 0 saturated carbocycles. The second kappa shape index (κ2) is 5.53. The van der Waals surface area contributed by atoms with Crippen molar-refractivity contribution in [2.45, 2.75) is 24.0 Å². The minimum absolute atomic E-state index is 0.283. The molecule has 4 rings (SSSR count). The predicted molar refractivity (Wildman–Crippen MR) is 77.2 cm³/mol. The molecule has 4 heterocycles. The molecule has 0 aromatic carbocycles. The lowest BCUT2D eigenvalue weighted by molar-refractivity contribution is -0.184. The molecule has 0 aliphatic carbocycles. The van der Waals surface area contributed by atoms with Crippen LogP contribution in [-0.2, 0) is 14.2 Å². The van der Waals surface area contributed by atoms with Crippen molar-refractivity contribution in [3.63, 3.8) is 0 Å². The van der Waals surface area contributed by atoms with Gasteiger partial charge in [-0.3, -0.25) is 19.2 Å². The highest BCUT2D eigenvalue weighted by Gasteiger charge is 2.62. The third-order valence-corrected chi connectivity index (χ3v) is 4.73. The summed E-state index contributed by atoms with van der Waals surface area (Å²) in [4.78, 5) is 27.5. The SMILES string of the molecule is O=c1ccn([C@@H]2O[C@@]3(CN4CCOCC4)CO[C@H]2C3O)c(=O)[nH]1. The second-order valence-corrected chi connectivity index (χ2v) is 6.20. The van der Waals surface area contributed by atoms with Crippen LogP contribution in [0.5, 0.6) is 0 Å². The number of ether oxygens (including phenoxy) is 3. The number of hydrogen-bond acceptors (Lipinski definition) is 7. The fraction of sp³-hybridized carbons (Fsp3) is 0.714. The summed E-state index contributed by atoms with van der Waals surface area (Å²) >= 11 is 0. The maximum atomic E-state index is 12.0. The van der Waals surface area contributed by atoms with E-state index in [1.807, 2.05) is 0 Å². The Hall–Kier alpha value is -1.52. The largest absolute Gasteiger partial charge is 0.387 e. The molecule has 2 bridgehead atoms. The van der Waals surface area contributed by atoms with E-state index in [1.165, 1.54) is 16.8 Å². The number of rotatable bonds is 3. The van der Waals surface area contributed by atoms with Gasteiger partial charge in [0.05, 0.1) is 19.8 Å². The smallest absolute Gasteiger partial charge is 0.330 e. The van der Waals surface area contributed by atoms with E-state index >= 15 is 0 Å². The Kier molecular flexibility index (Phi) is 3.62. The number of nitrogens with one attached hydrogen (secondary N) is 1. The number of H-pyrrole nitrogens is 1. The highest BCUT2D eigenvalue weighted by molar-refractivity contribution is 5.09. The zero-order valence-electron chi connectivity index (χ0n) is 12.5. The highest BCUT2D eigenvalue weighted by atomic mass is 16.6. The molecule has 23 heavy (non-hydrogen) atoms. The van der Waals surface area contributed by atoms with Gasteiger partial charge in [0.1, 0.15) is 17.8 Å². The van der Waals surface area contributed by atoms with Gasteiger partial charge in [-0.25, -0.2) is 4.79 Å². The van der Waals surface area contributed by atoms with E-state index in [4.69, 9.17) is 14.2 Å². The molecule has 0 amide bonds. The topological polar surface area (TPSA) is 106 Å². The van der Waals surface area contributed by atoms with Gasteiger partial charge < -0.3 is 19.3 Å². The van der Waals surface area contributed by atoms with Crippen LogP contribution in [0.3, 0.4) is 0 Å². The van der Waals surface area contributed by atoms with Gasteiger partial charge >= 0.3 is 5.69 Å². The first kappa shape index (κ1) is 15.0. The van der Waals surface area contributed by atoms with Crippen molar-refractivity contribution in [3.05, 3.63) is 33.1 Å². The monoisotopic (exact) mass is 325 g/mol. The molecule has 0 radical (unpaired) electrons. The molecular formula is C14H19N3O6. The van der Waals surface area contributed by atoms with Crippen molar-refractivity contribution in [2.75, 3.05) is 39.5 Å². The third kappa shape index (κ3) is 2.45. The summed E-state index contributed by atoms with van der Waals surface area (Å²) in [5, 5.41) is 10.6. The number of aromatic amines is 1. The number of morpholine rings is 1. The quantitative estimate of drug-likeness (QED) is 0.655. The van der Waals surface area contributed by atoms with Crippen LogP contribution in [0.2, 0.25) is 0 Å². The summed E-state index contributed by atoms with van der Waals surface area (Å²) in [5.74, 6) is 0. The lowest BCUT2D eigenvalue weighted by Crippen LogP contribution is -2.53. The van der Waals surface area contributed by atoms with Crippen molar-refractivity contribution < 1.29 is 19.3 Å². The highest BCUT2D eigenvalue weighted by Crippen LogP contribution is 2.44. The van der Waals surface area contributed by atoms with Crippen LogP contribution in [0.4, 0.5) is 0 Å². The van der Waals surface area contributed by atoms with Crippen LogP contribution in [-0.4, -0.2) is 76.8 Å². The summed E-state index contributed by atoms with van der Waals surface area (Å²) in [7, 11) is 0. The molecule has 1 aromatic heterocycles. The maximum Gasteiger partial charge on any atom is 0.330 e. The molecule has 3 fully saturated rings. The number of aromatic nitrogens is 2. The Labute approximate surface area is 131 Å². The Morgan fingerprint density at radius 3 is 2.87 bits per heavy atom. The zero-order valence-corrected chi connectivity index (χ0v) is 12.5. The molecule has 0 spiro atoms. The lowest BCUT2D eigenvalue weighted by atomic mass is 9.98. The normalized spacial score (nSPS) is 37.3. The van der Waals surface area contributed by atoms with Crippen molar-refractivity contribution in [3.8, 4) is 0 Å². The molecule has 3 saturated heterocycles. The molecule has 1 unspecified atom stereocenters. The third-order valence-electron chi connectivity index (χ3n) is 4.73. The predicted octanol–water partition coefficient (Wildman–Crippen LogP) is -2.10. The van der Waals surface area contributed by atoms with E-state index < -0.39 is 35.3 Å². The molecule has 3 aliphatic rings. The summed E-state index contributed by atoms with van der Waals surface area (Å²) in [6.45, 7) is 3.64. The van der Waals surface area contributed by atoms with Gasteiger partial charge in [-0.1, -0.05) is 0 Å². The molecule has 9 nitrogen and oxygen atoms in total. The summed E-state index contributed by atoms with van der Waals surface area (Å²) in [6.07, 6.45) is -0.830. The van der Waals surface area contributed by atoms with Gasteiger partial charge in [0.25, 0.3) is 5.56 Å². The number of fused-ring (bicyclic) bond motifs is 2. The van der Waals surface area contributed by atoms with E-state index in [1.54, 1.807) is 0 Å². The van der Waals surface area contributed by atoms with E-state index in [9.17, 15) is 14.7 Å². The average molecular weight is 325 g/mol. The van der Waals surface area contributed by atoms with E-state index in [0.717, 1.165) is 13.1 Å². The Morgan fingerprint density at radius 2 is 2.13 bits per heavy atom. The zero-order chi connectivity index (χ0) is 16.0. The van der Waals surface area contributed by atoms with Crippen LogP contribution in [0.15, 0.2) is 21.9 Å². The first-order valence-electron chi connectivity index (χ1n) is 7.68. The Bertz CT molecular complexity index is 696. The first-order chi connectivity index (χ1) is 11.1. The molecule has 4 atom stereocenters. The Balaban J connectivity index is 1.59. The van der Waals surface area contributed by atoms with Crippen LogP contribution in [0.1, 0.15) is 6.23 Å². The second-order valence-electron chi connectivity index (χ2n) is 6.20. The molecule has 2 N–H and O–H groups in total. The van der Waals surface area contributed by atoms with Crippen LogP contribution < -0.4 is 11.2 Å². The lowest BCUT2D eigenvalue weighted by Gasteiger charge is -2.37. The molecule has 3 aliphatic heterocycles. The average Bonchev–Trinajstić information content (AvgIpc) is 2.98. The van der Waals surface area contributed by atoms with Gasteiger partial charge in [0.15, 0.2) is 6.23 Å². The van der Waals surface area contributed by atoms with Crippen LogP contribution in [0.25, 0.3) is 0 Å². The number of aliphatic hydroxyl groups is 1. The molecule has 9 heteroatoms. The van der Waals surface area contributed by atoms with Crippen LogP contribution in [0, 0.1) is 0 Å². The Morgan fingerprint density at radius 1 is 1.35 bits per heavy atom. The van der Waals surface area contributed by atoms with Crippen molar-refractivity contribution in [1.82, 2.24) is 14.5 Å². The summed E-state index contributed by atoms with van der Waals surface area (Å²) in [6, 6.07) is 1.25. The van der Waals surface area contributed by atoms with E-state index in [2.05, 4.69) is 9.88 Å². The minimum atomic E-state index is -0.859. The van der Waals surface area contributed by atoms with Gasteiger partial charge in [-0.05, 0) is 0 Å². The van der Waals surface area contributed by atoms with Gasteiger partial charge in [-0.15, -0.1) is 0 Å². The number of aliphatic hydroxyl groups excluding tert-OH is 1. The standard InChI is InChI=1S/C14H19N3O6/c18-9-1-2-17(13(20)15-9)12-10-11(19)14(23-12,8-22-10)7-16-3-5-21-6-4-16/h1-2,10-12,19H,3-8H2,(H,15,18,20)/t10-,11?,12+,14-/m0/s1. The molecule has 1 aromatic rings. The van der Waals surface area contributed by atoms with Crippen molar-refractivity contribution in [1.29, 1.82) is 0 Å². The summed E-state index contributed by atoms with van der Waals surface area (Å²) in [5.41, 5.74) is -1.91. The van der Waals surface area contributed by atoms with Crippen molar-refractivity contribution >= 4 is 0 Å². The van der Waals surface area contributed by atoms with Gasteiger partial charge in [-0.2, -0.15) is 0 Å². The molecule has 126 valence electrons. The van der Waals surface area contributed by atoms with Gasteiger partial charge in [0.2, 0.25) is 0 Å². The fourth-order valence-corrected chi connectivity index (χ4v) is 3.52. The number of hydrogen-bond donors (Lipinski definition) is 2. The maximum absolute atomic E-state index is 12.0. The van der Waals surface area contributed by atoms with E-state index in [-0.39, 0.29) is 6.61 Å². The summed E-state index contributed by atoms with van der Waals surface area (Å²) < 4.78 is 18.3. The molecular weight excluding hydrogens is 306 g/mol. The first-order valence-corrected chi connectivity index (χ1v) is 7.68. The minimum Gasteiger partial charge on any atom is -0.387 e. The van der Waals surface area contributed by atoms with Crippen molar-refractivity contribution in [2.24, 2.45) is 0 Å². The van der Waals surface area contributed by atoms with Gasteiger partial charge in [0, 0.05) is 31.9 Å². The fourth-order valence-electron chi connectivity index (χ4n) is 3.52.